The summed E-state index contributed by atoms with van der Waals surface area (Å²) >= 11 is 0. The monoisotopic (exact) mass is 480 g/mol. The molecule has 2 N–H and O–H groups in total. The van der Waals surface area contributed by atoms with Crippen molar-refractivity contribution in [1.29, 1.82) is 0 Å². The molecule has 0 aliphatic carbocycles. The molecule has 4 rings (SSSR count). The standard InChI is InChI=1S/C25H28N4O4S/c1-19-18-26-25(31)29(19)23-9-5-4-8-22(23)27-24(30)15-12-20-10-13-21(14-11-20)34(32,33)28-16-6-2-3-7-17-28/h4-5,8-15,18H,2-3,6-7,16-17H2,1H3,(H,26,31)(H,27,30)/b15-12+. The largest absolute Gasteiger partial charge is 0.330 e. The van der Waals surface area contributed by atoms with Crippen LogP contribution >= 0.6 is 0 Å². The van der Waals surface area contributed by atoms with E-state index in [-0.39, 0.29) is 16.5 Å². The first-order valence-corrected chi connectivity index (χ1v) is 12.8. The van der Waals surface area contributed by atoms with Gasteiger partial charge in [-0.25, -0.2) is 13.2 Å². The van der Waals surface area contributed by atoms with Gasteiger partial charge in [0.1, 0.15) is 0 Å². The van der Waals surface area contributed by atoms with E-state index >= 15 is 0 Å². The number of imidazole rings is 1. The summed E-state index contributed by atoms with van der Waals surface area (Å²) in [6.45, 7) is 2.91. The SMILES string of the molecule is Cc1c[nH]c(=O)n1-c1ccccc1NC(=O)/C=C/c1ccc(S(=O)(=O)N2CCCCCC2)cc1. The van der Waals surface area contributed by atoms with Gasteiger partial charge in [0.2, 0.25) is 15.9 Å². The molecule has 178 valence electrons. The molecule has 0 unspecified atom stereocenters. The minimum Gasteiger partial charge on any atom is -0.321 e. The Morgan fingerprint density at radius 1 is 1.00 bits per heavy atom. The number of para-hydroxylation sites is 2. The summed E-state index contributed by atoms with van der Waals surface area (Å²) in [4.78, 5) is 27.6. The van der Waals surface area contributed by atoms with Gasteiger partial charge in [-0.05, 0) is 55.7 Å². The summed E-state index contributed by atoms with van der Waals surface area (Å²) in [5.74, 6) is -0.366. The Morgan fingerprint density at radius 3 is 2.32 bits per heavy atom. The zero-order valence-electron chi connectivity index (χ0n) is 19.0. The Kier molecular flexibility index (Phi) is 7.14. The van der Waals surface area contributed by atoms with E-state index in [1.807, 2.05) is 0 Å². The van der Waals surface area contributed by atoms with Gasteiger partial charge < -0.3 is 10.3 Å². The molecule has 1 aliphatic rings. The number of hydrogen-bond acceptors (Lipinski definition) is 4. The van der Waals surface area contributed by atoms with Gasteiger partial charge in [0.15, 0.2) is 0 Å². The fourth-order valence-electron chi connectivity index (χ4n) is 4.06. The summed E-state index contributed by atoms with van der Waals surface area (Å²) < 4.78 is 28.9. The van der Waals surface area contributed by atoms with Gasteiger partial charge >= 0.3 is 5.69 Å². The van der Waals surface area contributed by atoms with Crippen LogP contribution in [0.2, 0.25) is 0 Å². The molecule has 0 bridgehead atoms. The van der Waals surface area contributed by atoms with Gasteiger partial charge in [0.05, 0.1) is 16.3 Å². The normalized spacial score (nSPS) is 15.3. The van der Waals surface area contributed by atoms with Gasteiger partial charge in [-0.15, -0.1) is 0 Å². The summed E-state index contributed by atoms with van der Waals surface area (Å²) in [6, 6.07) is 13.6. The molecule has 34 heavy (non-hydrogen) atoms. The fourth-order valence-corrected chi connectivity index (χ4v) is 5.57. The van der Waals surface area contributed by atoms with Crippen LogP contribution < -0.4 is 11.0 Å². The molecule has 8 nitrogen and oxygen atoms in total. The zero-order chi connectivity index (χ0) is 24.1. The van der Waals surface area contributed by atoms with E-state index in [4.69, 9.17) is 0 Å². The zero-order valence-corrected chi connectivity index (χ0v) is 19.8. The van der Waals surface area contributed by atoms with Crippen LogP contribution in [-0.2, 0) is 14.8 Å². The molecule has 1 amide bonds. The number of carbonyl (C=O) groups excluding carboxylic acids is 1. The Balaban J connectivity index is 1.46. The molecule has 0 atom stereocenters. The summed E-state index contributed by atoms with van der Waals surface area (Å²) in [5.41, 5.74) is 2.20. The van der Waals surface area contributed by atoms with Gasteiger partial charge in [-0.2, -0.15) is 4.31 Å². The van der Waals surface area contributed by atoms with Crippen LogP contribution in [-0.4, -0.2) is 41.3 Å². The second kappa shape index (κ2) is 10.2. The van der Waals surface area contributed by atoms with Gasteiger partial charge in [0, 0.05) is 31.1 Å². The lowest BCUT2D eigenvalue weighted by Gasteiger charge is -2.19. The molecule has 3 aromatic rings. The number of hydrogen-bond donors (Lipinski definition) is 2. The number of sulfonamides is 1. The quantitative estimate of drug-likeness (QED) is 0.525. The first kappa shape index (κ1) is 23.7. The van der Waals surface area contributed by atoms with E-state index in [1.54, 1.807) is 72.0 Å². The number of benzene rings is 2. The number of nitrogens with one attached hydrogen (secondary N) is 2. The minimum atomic E-state index is -3.51. The maximum Gasteiger partial charge on any atom is 0.330 e. The highest BCUT2D eigenvalue weighted by molar-refractivity contribution is 7.89. The topological polar surface area (TPSA) is 104 Å². The number of amides is 1. The predicted molar refractivity (Wildman–Crippen MR) is 132 cm³/mol. The second-order valence-electron chi connectivity index (χ2n) is 8.30. The number of aromatic nitrogens is 2. The molecule has 0 saturated carbocycles. The third-order valence-corrected chi connectivity index (χ3v) is 7.79. The lowest BCUT2D eigenvalue weighted by atomic mass is 10.2. The van der Waals surface area contributed by atoms with Crippen LogP contribution in [0.3, 0.4) is 0 Å². The summed E-state index contributed by atoms with van der Waals surface area (Å²) in [7, 11) is -3.51. The van der Waals surface area contributed by atoms with Crippen LogP contribution in [0.1, 0.15) is 36.9 Å². The highest BCUT2D eigenvalue weighted by Gasteiger charge is 2.24. The number of H-pyrrole nitrogens is 1. The molecule has 1 aliphatic heterocycles. The summed E-state index contributed by atoms with van der Waals surface area (Å²) in [6.07, 6.45) is 8.49. The van der Waals surface area contributed by atoms with E-state index < -0.39 is 10.0 Å². The van der Waals surface area contributed by atoms with Crippen LogP contribution in [0, 0.1) is 6.92 Å². The smallest absolute Gasteiger partial charge is 0.321 e. The third kappa shape index (κ3) is 5.21. The Labute approximate surface area is 199 Å². The van der Waals surface area contributed by atoms with E-state index in [9.17, 15) is 18.0 Å². The lowest BCUT2D eigenvalue weighted by Crippen LogP contribution is -2.31. The van der Waals surface area contributed by atoms with Crippen LogP contribution in [0.4, 0.5) is 5.69 Å². The molecule has 0 spiro atoms. The molecular formula is C25H28N4O4S. The van der Waals surface area contributed by atoms with Gasteiger partial charge in [-0.1, -0.05) is 37.1 Å². The van der Waals surface area contributed by atoms with Gasteiger partial charge in [-0.3, -0.25) is 9.36 Å². The van der Waals surface area contributed by atoms with Crippen molar-refractivity contribution in [3.8, 4) is 5.69 Å². The molecule has 1 fully saturated rings. The highest BCUT2D eigenvalue weighted by atomic mass is 32.2. The van der Waals surface area contributed by atoms with E-state index in [1.165, 1.54) is 10.6 Å². The first-order chi connectivity index (χ1) is 16.4. The van der Waals surface area contributed by atoms with Crippen LogP contribution in [0.25, 0.3) is 11.8 Å². The van der Waals surface area contributed by atoms with Crippen molar-refractivity contribution in [2.45, 2.75) is 37.5 Å². The number of aryl methyl sites for hydroxylation is 1. The van der Waals surface area contributed by atoms with E-state index in [0.717, 1.165) is 31.4 Å². The van der Waals surface area contributed by atoms with E-state index in [0.29, 0.717) is 30.0 Å². The molecule has 9 heteroatoms. The third-order valence-electron chi connectivity index (χ3n) is 5.87. The average molecular weight is 481 g/mol. The van der Waals surface area contributed by atoms with Gasteiger partial charge in [0.25, 0.3) is 0 Å². The van der Waals surface area contributed by atoms with Crippen molar-refractivity contribution in [2.24, 2.45) is 0 Å². The number of nitrogens with zero attached hydrogens (tertiary/aromatic N) is 2. The minimum absolute atomic E-state index is 0.261. The van der Waals surface area contributed by atoms with Crippen molar-refractivity contribution in [3.05, 3.63) is 82.5 Å². The second-order valence-corrected chi connectivity index (χ2v) is 10.2. The number of carbonyl (C=O) groups is 1. The average Bonchev–Trinajstić information content (AvgIpc) is 3.02. The van der Waals surface area contributed by atoms with Crippen molar-refractivity contribution in [1.82, 2.24) is 13.9 Å². The van der Waals surface area contributed by atoms with Crippen LogP contribution in [0.5, 0.6) is 0 Å². The van der Waals surface area contributed by atoms with Crippen LogP contribution in [0.15, 0.2) is 70.5 Å². The molecule has 1 aromatic heterocycles. The number of anilines is 1. The van der Waals surface area contributed by atoms with Crippen molar-refractivity contribution in [3.63, 3.8) is 0 Å². The Bertz CT molecular complexity index is 1350. The molecule has 0 radical (unpaired) electrons. The Morgan fingerprint density at radius 2 is 1.68 bits per heavy atom. The molecular weight excluding hydrogens is 452 g/mol. The maximum atomic E-state index is 12.9. The Hall–Kier alpha value is -3.43. The van der Waals surface area contributed by atoms with Crippen molar-refractivity contribution < 1.29 is 13.2 Å². The first-order valence-electron chi connectivity index (χ1n) is 11.3. The number of aromatic amines is 1. The van der Waals surface area contributed by atoms with Crippen molar-refractivity contribution >= 4 is 27.7 Å². The lowest BCUT2D eigenvalue weighted by molar-refractivity contribution is -0.111. The fraction of sp³-hybridized carbons (Fsp3) is 0.280. The molecule has 2 aromatic carbocycles. The molecule has 2 heterocycles. The van der Waals surface area contributed by atoms with E-state index in [2.05, 4.69) is 10.3 Å². The number of rotatable bonds is 6. The molecule has 1 saturated heterocycles. The van der Waals surface area contributed by atoms with Crippen molar-refractivity contribution in [2.75, 3.05) is 18.4 Å². The highest BCUT2D eigenvalue weighted by Crippen LogP contribution is 2.22. The maximum absolute atomic E-state index is 12.9. The summed E-state index contributed by atoms with van der Waals surface area (Å²) in [5, 5.41) is 2.81. The predicted octanol–water partition coefficient (Wildman–Crippen LogP) is 3.69.